The molecule has 0 radical (unpaired) electrons. The first kappa shape index (κ1) is 17.2. The first-order chi connectivity index (χ1) is 12.1. The first-order valence-electron chi connectivity index (χ1n) is 8.00. The van der Waals surface area contributed by atoms with Gasteiger partial charge in [-0.2, -0.15) is 0 Å². The molecule has 3 rings (SSSR count). The molecule has 0 saturated heterocycles. The van der Waals surface area contributed by atoms with Crippen LogP contribution in [0.5, 0.6) is 0 Å². The Morgan fingerprint density at radius 3 is 2.88 bits per heavy atom. The fourth-order valence-electron chi connectivity index (χ4n) is 2.42. The van der Waals surface area contributed by atoms with Crippen molar-refractivity contribution < 1.29 is 14.3 Å². The highest BCUT2D eigenvalue weighted by Crippen LogP contribution is 2.13. The van der Waals surface area contributed by atoms with Crippen molar-refractivity contribution in [2.45, 2.75) is 19.3 Å². The highest BCUT2D eigenvalue weighted by atomic mass is 32.1. The van der Waals surface area contributed by atoms with Gasteiger partial charge in [-0.25, -0.2) is 4.98 Å². The van der Waals surface area contributed by atoms with Crippen LogP contribution in [0.2, 0.25) is 0 Å². The molecule has 1 atom stereocenters. The van der Waals surface area contributed by atoms with Gasteiger partial charge in [0.25, 0.3) is 5.91 Å². The zero-order valence-electron chi connectivity index (χ0n) is 13.8. The van der Waals surface area contributed by atoms with Crippen molar-refractivity contribution in [1.82, 2.24) is 14.7 Å². The minimum Gasteiger partial charge on any atom is -0.455 e. The molecular weight excluding hydrogens is 338 g/mol. The predicted molar refractivity (Wildman–Crippen MR) is 95.6 cm³/mol. The molecule has 0 aliphatic heterocycles. The van der Waals surface area contributed by atoms with E-state index < -0.39 is 5.97 Å². The average molecular weight is 357 g/mol. The molecule has 1 N–H and O–H groups in total. The number of rotatable bonds is 7. The van der Waals surface area contributed by atoms with Crippen molar-refractivity contribution in [1.29, 1.82) is 0 Å². The van der Waals surface area contributed by atoms with Crippen molar-refractivity contribution in [2.75, 3.05) is 13.2 Å². The lowest BCUT2D eigenvalue weighted by Crippen LogP contribution is -2.31. The number of fused-ring (bicyclic) bond motifs is 1. The maximum Gasteiger partial charge on any atom is 0.312 e. The number of carbonyl (C=O) groups excluding carboxylic acids is 2. The summed E-state index contributed by atoms with van der Waals surface area (Å²) in [6.45, 7) is 2.26. The number of carbonyl (C=O) groups is 2. The van der Waals surface area contributed by atoms with Crippen molar-refractivity contribution in [2.24, 2.45) is 0 Å². The summed E-state index contributed by atoms with van der Waals surface area (Å²) in [6, 6.07) is 9.93. The summed E-state index contributed by atoms with van der Waals surface area (Å²) >= 11 is 1.50. The summed E-state index contributed by atoms with van der Waals surface area (Å²) in [5.41, 5.74) is 1.79. The first-order valence-corrected chi connectivity index (χ1v) is 8.88. The average Bonchev–Trinajstić information content (AvgIpc) is 3.20. The van der Waals surface area contributed by atoms with Crippen molar-refractivity contribution in [3.8, 4) is 0 Å². The molecule has 0 saturated carbocycles. The standard InChI is InChI=1S/C18H19N3O3S/c1-13(14-5-3-2-4-6-14)10-19-16(22)12-24-17(23)9-15-11-21-7-8-25-18(21)20-15/h2-8,11,13H,9-10,12H2,1H3,(H,19,22)/t13-/m1/s1. The largest absolute Gasteiger partial charge is 0.455 e. The molecule has 0 aliphatic rings. The minimum absolute atomic E-state index is 0.0576. The number of aromatic nitrogens is 2. The fraction of sp³-hybridized carbons (Fsp3) is 0.278. The molecule has 0 fully saturated rings. The molecule has 1 amide bonds. The van der Waals surface area contributed by atoms with Crippen molar-refractivity contribution in [3.63, 3.8) is 0 Å². The van der Waals surface area contributed by atoms with Gasteiger partial charge in [-0.1, -0.05) is 37.3 Å². The molecule has 0 bridgehead atoms. The van der Waals surface area contributed by atoms with Crippen LogP contribution in [0.3, 0.4) is 0 Å². The highest BCUT2D eigenvalue weighted by molar-refractivity contribution is 7.15. The van der Waals surface area contributed by atoms with Crippen LogP contribution in [0.25, 0.3) is 4.96 Å². The molecule has 0 aliphatic carbocycles. The Morgan fingerprint density at radius 1 is 1.32 bits per heavy atom. The molecule has 1 aromatic carbocycles. The Balaban J connectivity index is 1.39. The SMILES string of the molecule is C[C@H](CNC(=O)COC(=O)Cc1cn2ccsc2n1)c1ccccc1. The number of imidazole rings is 1. The molecule has 130 valence electrons. The Bertz CT molecular complexity index is 828. The van der Waals surface area contributed by atoms with Gasteiger partial charge in [0.15, 0.2) is 11.6 Å². The Hall–Kier alpha value is -2.67. The Kier molecular flexibility index (Phi) is 5.45. The molecular formula is C18H19N3O3S. The molecule has 2 aromatic heterocycles. The van der Waals surface area contributed by atoms with Gasteiger partial charge in [0.2, 0.25) is 0 Å². The topological polar surface area (TPSA) is 72.7 Å². The molecule has 7 heteroatoms. The van der Waals surface area contributed by atoms with Crippen LogP contribution in [0.15, 0.2) is 48.1 Å². The van der Waals surface area contributed by atoms with Gasteiger partial charge in [-0.05, 0) is 11.5 Å². The normalized spacial score (nSPS) is 12.0. The van der Waals surface area contributed by atoms with Crippen LogP contribution in [0.4, 0.5) is 0 Å². The van der Waals surface area contributed by atoms with Gasteiger partial charge in [0.1, 0.15) is 0 Å². The third kappa shape index (κ3) is 4.67. The lowest BCUT2D eigenvalue weighted by Gasteiger charge is -2.13. The number of hydrogen-bond acceptors (Lipinski definition) is 5. The lowest BCUT2D eigenvalue weighted by molar-refractivity contribution is -0.147. The summed E-state index contributed by atoms with van der Waals surface area (Å²) in [5, 5.41) is 4.71. The van der Waals surface area contributed by atoms with Gasteiger partial charge in [-0.3, -0.25) is 14.0 Å². The van der Waals surface area contributed by atoms with E-state index in [1.807, 2.05) is 53.2 Å². The number of benzene rings is 1. The van der Waals surface area contributed by atoms with Crippen LogP contribution >= 0.6 is 11.3 Å². The van der Waals surface area contributed by atoms with E-state index in [4.69, 9.17) is 4.74 Å². The third-order valence-electron chi connectivity index (χ3n) is 3.81. The number of amides is 1. The van der Waals surface area contributed by atoms with E-state index in [1.165, 1.54) is 11.3 Å². The van der Waals surface area contributed by atoms with E-state index in [9.17, 15) is 9.59 Å². The minimum atomic E-state index is -0.461. The molecule has 0 spiro atoms. The maximum absolute atomic E-state index is 11.8. The van der Waals surface area contributed by atoms with Gasteiger partial charge in [-0.15, -0.1) is 11.3 Å². The number of nitrogens with one attached hydrogen (secondary N) is 1. The summed E-state index contributed by atoms with van der Waals surface area (Å²) < 4.78 is 6.87. The summed E-state index contributed by atoms with van der Waals surface area (Å²) in [7, 11) is 0. The van der Waals surface area contributed by atoms with Crippen molar-refractivity contribution in [3.05, 3.63) is 59.4 Å². The summed E-state index contributed by atoms with van der Waals surface area (Å²) in [6.07, 6.45) is 3.72. The van der Waals surface area contributed by atoms with Gasteiger partial charge >= 0.3 is 5.97 Å². The smallest absolute Gasteiger partial charge is 0.312 e. The van der Waals surface area contributed by atoms with Crippen LogP contribution in [0, 0.1) is 0 Å². The molecule has 25 heavy (non-hydrogen) atoms. The molecule has 6 nitrogen and oxygen atoms in total. The second-order valence-corrected chi connectivity index (χ2v) is 6.65. The van der Waals surface area contributed by atoms with Crippen LogP contribution in [-0.2, 0) is 20.7 Å². The van der Waals surface area contributed by atoms with Gasteiger partial charge < -0.3 is 10.1 Å². The fourth-order valence-corrected chi connectivity index (χ4v) is 3.14. The van der Waals surface area contributed by atoms with Crippen LogP contribution in [-0.4, -0.2) is 34.4 Å². The van der Waals surface area contributed by atoms with Crippen LogP contribution in [0.1, 0.15) is 24.1 Å². The zero-order chi connectivity index (χ0) is 17.6. The second kappa shape index (κ2) is 7.94. The molecule has 2 heterocycles. The van der Waals surface area contributed by atoms with E-state index in [1.54, 1.807) is 6.20 Å². The predicted octanol–water partition coefficient (Wildman–Crippen LogP) is 2.40. The number of ether oxygens (including phenoxy) is 1. The van der Waals surface area contributed by atoms with Crippen LogP contribution < -0.4 is 5.32 Å². The van der Waals surface area contributed by atoms with E-state index in [2.05, 4.69) is 10.3 Å². The second-order valence-electron chi connectivity index (χ2n) is 5.78. The highest BCUT2D eigenvalue weighted by Gasteiger charge is 2.12. The zero-order valence-corrected chi connectivity index (χ0v) is 14.7. The van der Waals surface area contributed by atoms with E-state index in [-0.39, 0.29) is 24.9 Å². The number of esters is 1. The molecule has 3 aromatic rings. The number of thiazole rings is 1. The lowest BCUT2D eigenvalue weighted by atomic mass is 10.0. The monoisotopic (exact) mass is 357 g/mol. The third-order valence-corrected chi connectivity index (χ3v) is 4.58. The Labute approximate surface area is 149 Å². The molecule has 0 unspecified atom stereocenters. The quantitative estimate of drug-likeness (QED) is 0.659. The van der Waals surface area contributed by atoms with E-state index in [0.29, 0.717) is 12.2 Å². The van der Waals surface area contributed by atoms with Crippen molar-refractivity contribution >= 4 is 28.2 Å². The summed E-state index contributed by atoms with van der Waals surface area (Å²) in [5.74, 6) is -0.571. The van der Waals surface area contributed by atoms with Gasteiger partial charge in [0, 0.05) is 24.3 Å². The summed E-state index contributed by atoms with van der Waals surface area (Å²) in [4.78, 5) is 28.8. The number of nitrogens with zero attached hydrogens (tertiary/aromatic N) is 2. The maximum atomic E-state index is 11.8. The Morgan fingerprint density at radius 2 is 2.12 bits per heavy atom. The van der Waals surface area contributed by atoms with E-state index in [0.717, 1.165) is 10.5 Å². The van der Waals surface area contributed by atoms with E-state index >= 15 is 0 Å². The van der Waals surface area contributed by atoms with Gasteiger partial charge in [0.05, 0.1) is 12.1 Å². The number of hydrogen-bond donors (Lipinski definition) is 1.